The van der Waals surface area contributed by atoms with Gasteiger partial charge in [0.15, 0.2) is 0 Å². The average Bonchev–Trinajstić information content (AvgIpc) is 3.07. The molecule has 2 heterocycles. The van der Waals surface area contributed by atoms with Crippen molar-refractivity contribution in [2.75, 3.05) is 29.6 Å². The predicted octanol–water partition coefficient (Wildman–Crippen LogP) is 5.79. The zero-order chi connectivity index (χ0) is 25.2. The summed E-state index contributed by atoms with van der Waals surface area (Å²) in [6, 6.07) is 17.7. The number of nitrogens with zero attached hydrogens (tertiary/aromatic N) is 2. The van der Waals surface area contributed by atoms with Gasteiger partial charge >= 0.3 is 18.1 Å². The second kappa shape index (κ2) is 12.8. The first-order chi connectivity index (χ1) is 17.6. The van der Waals surface area contributed by atoms with Gasteiger partial charge in [0.25, 0.3) is 0 Å². The smallest absolute Gasteiger partial charge is 0.415 e. The molecule has 4 rings (SSSR count). The Balaban J connectivity index is 1.19. The molecule has 0 atom stereocenters. The van der Waals surface area contributed by atoms with Gasteiger partial charge in [-0.25, -0.2) is 19.7 Å². The van der Waals surface area contributed by atoms with Crippen LogP contribution < -0.4 is 10.2 Å². The lowest BCUT2D eigenvalue weighted by Crippen LogP contribution is -2.41. The van der Waals surface area contributed by atoms with Crippen LogP contribution in [0.3, 0.4) is 0 Å². The minimum absolute atomic E-state index is 0.126. The van der Waals surface area contributed by atoms with E-state index in [1.165, 1.54) is 32.7 Å². The topological polar surface area (TPSA) is 97.8 Å². The number of nitrogens with one attached hydrogen (secondary N) is 1. The Morgan fingerprint density at radius 1 is 0.806 bits per heavy atom. The van der Waals surface area contributed by atoms with Gasteiger partial charge in [-0.15, -0.1) is 0 Å². The molecule has 0 unspecified atom stereocenters. The summed E-state index contributed by atoms with van der Waals surface area (Å²) < 4.78 is 10.4. The van der Waals surface area contributed by atoms with Gasteiger partial charge in [0, 0.05) is 23.9 Å². The molecule has 8 nitrogen and oxygen atoms in total. The number of alkyl carbamates (subject to hydrolysis) is 1. The van der Waals surface area contributed by atoms with Crippen LogP contribution in [0.1, 0.15) is 21.5 Å². The number of amides is 3. The first-order valence-corrected chi connectivity index (χ1v) is 13.6. The Labute approximate surface area is 216 Å². The van der Waals surface area contributed by atoms with E-state index >= 15 is 0 Å². The molecule has 36 heavy (non-hydrogen) atoms. The van der Waals surface area contributed by atoms with E-state index in [1.54, 1.807) is 18.3 Å². The molecule has 0 spiro atoms. The lowest BCUT2D eigenvalue weighted by Gasteiger charge is -2.24. The summed E-state index contributed by atoms with van der Waals surface area (Å²) in [5.74, 6) is 0.689. The zero-order valence-electron chi connectivity index (χ0n) is 19.2. The molecule has 0 fully saturated rings. The normalized spacial score (nSPS) is 11.6. The van der Waals surface area contributed by atoms with Gasteiger partial charge in [-0.05, 0) is 35.4 Å². The van der Waals surface area contributed by atoms with Crippen molar-refractivity contribution in [3.63, 3.8) is 0 Å². The van der Waals surface area contributed by atoms with E-state index in [4.69, 9.17) is 9.47 Å². The average molecular weight is 522 g/mol. The highest BCUT2D eigenvalue weighted by atomic mass is 33.1. The van der Waals surface area contributed by atoms with E-state index < -0.39 is 18.1 Å². The van der Waals surface area contributed by atoms with Crippen molar-refractivity contribution in [1.29, 1.82) is 0 Å². The summed E-state index contributed by atoms with van der Waals surface area (Å²) in [6.45, 7) is 0.385. The van der Waals surface area contributed by atoms with Crippen LogP contribution in [0, 0.1) is 0 Å². The number of carbonyl (C=O) groups is 3. The van der Waals surface area contributed by atoms with Gasteiger partial charge in [0.2, 0.25) is 0 Å². The number of ether oxygens (including phenoxy) is 2. The van der Waals surface area contributed by atoms with Crippen molar-refractivity contribution in [2.45, 2.75) is 0 Å². The van der Waals surface area contributed by atoms with Crippen molar-refractivity contribution in [3.8, 4) is 0 Å². The molecular formula is C26H23N3O5S2. The molecule has 0 saturated heterocycles. The maximum Gasteiger partial charge on any atom is 0.415 e. The van der Waals surface area contributed by atoms with Gasteiger partial charge in [-0.3, -0.25) is 9.88 Å². The van der Waals surface area contributed by atoms with Crippen molar-refractivity contribution in [1.82, 2.24) is 10.3 Å². The number of benzene rings is 2. The third-order valence-corrected chi connectivity index (χ3v) is 7.32. The molecule has 0 saturated carbocycles. The molecule has 0 bridgehead atoms. The molecule has 0 radical (unpaired) electrons. The van der Waals surface area contributed by atoms with Crippen LogP contribution >= 0.6 is 21.6 Å². The van der Waals surface area contributed by atoms with Crippen LogP contribution in [0.4, 0.5) is 21.0 Å². The van der Waals surface area contributed by atoms with Gasteiger partial charge in [0.05, 0.1) is 16.9 Å². The molecular weight excluding hydrogens is 498 g/mol. The summed E-state index contributed by atoms with van der Waals surface area (Å²) >= 11 is 0. The molecule has 1 aromatic heterocycles. The van der Waals surface area contributed by atoms with E-state index in [1.807, 2.05) is 60.7 Å². The molecule has 10 heteroatoms. The van der Waals surface area contributed by atoms with E-state index in [2.05, 4.69) is 10.3 Å². The number of pyridine rings is 1. The van der Waals surface area contributed by atoms with Crippen LogP contribution in [0.25, 0.3) is 12.2 Å². The molecule has 1 N–H and O–H groups in total. The van der Waals surface area contributed by atoms with Crippen molar-refractivity contribution < 1.29 is 23.9 Å². The Hall–Kier alpha value is -3.76. The van der Waals surface area contributed by atoms with Crippen LogP contribution in [0.5, 0.6) is 0 Å². The van der Waals surface area contributed by atoms with Crippen LogP contribution in [-0.2, 0) is 9.47 Å². The second-order valence-corrected chi connectivity index (χ2v) is 10.1. The highest BCUT2D eigenvalue weighted by Gasteiger charge is 2.25. The predicted molar refractivity (Wildman–Crippen MR) is 143 cm³/mol. The summed E-state index contributed by atoms with van der Waals surface area (Å²) in [5, 5.41) is 2.32. The van der Waals surface area contributed by atoms with Gasteiger partial charge in [-0.1, -0.05) is 70.1 Å². The second-order valence-electron chi connectivity index (χ2n) is 7.37. The van der Waals surface area contributed by atoms with Crippen molar-refractivity contribution in [2.24, 2.45) is 0 Å². The molecule has 3 aromatic rings. The maximum atomic E-state index is 13.1. The van der Waals surface area contributed by atoms with Gasteiger partial charge < -0.3 is 9.47 Å². The summed E-state index contributed by atoms with van der Waals surface area (Å²) in [7, 11) is 2.97. The fraction of sp³-hybridized carbons (Fsp3) is 0.154. The highest BCUT2D eigenvalue weighted by Crippen LogP contribution is 2.36. The van der Waals surface area contributed by atoms with Crippen molar-refractivity contribution >= 4 is 63.2 Å². The lowest BCUT2D eigenvalue weighted by molar-refractivity contribution is 0.0530. The SMILES string of the molecule is O=C(NC(=O)N1c2ccccc2C=Cc2ccccc21)OCCSSCCOC(=O)c1cccnc1. The summed E-state index contributed by atoms with van der Waals surface area (Å²) in [4.78, 5) is 42.6. The van der Waals surface area contributed by atoms with Crippen LogP contribution in [-0.4, -0.2) is 47.8 Å². The Morgan fingerprint density at radius 2 is 1.42 bits per heavy atom. The number of rotatable bonds is 8. The Morgan fingerprint density at radius 3 is 2.03 bits per heavy atom. The number of urea groups is 1. The summed E-state index contributed by atoms with van der Waals surface area (Å²) in [6.07, 6.45) is 6.11. The third kappa shape index (κ3) is 6.67. The van der Waals surface area contributed by atoms with E-state index in [0.29, 0.717) is 28.4 Å². The van der Waals surface area contributed by atoms with E-state index in [9.17, 15) is 14.4 Å². The number of para-hydroxylation sites is 2. The van der Waals surface area contributed by atoms with Crippen molar-refractivity contribution in [3.05, 3.63) is 89.7 Å². The number of imide groups is 1. The molecule has 184 valence electrons. The van der Waals surface area contributed by atoms with E-state index in [-0.39, 0.29) is 13.2 Å². The fourth-order valence-corrected chi connectivity index (χ4v) is 5.05. The first-order valence-electron chi connectivity index (χ1n) is 11.1. The zero-order valence-corrected chi connectivity index (χ0v) is 20.8. The monoisotopic (exact) mass is 521 g/mol. The Kier molecular flexibility index (Phi) is 9.01. The number of esters is 1. The number of fused-ring (bicyclic) bond motifs is 2. The lowest BCUT2D eigenvalue weighted by atomic mass is 10.1. The molecule has 3 amide bonds. The third-order valence-electron chi connectivity index (χ3n) is 4.99. The maximum absolute atomic E-state index is 13.1. The first kappa shape index (κ1) is 25.3. The summed E-state index contributed by atoms with van der Waals surface area (Å²) in [5.41, 5.74) is 3.46. The fourth-order valence-electron chi connectivity index (χ4n) is 3.39. The van der Waals surface area contributed by atoms with Crippen LogP contribution in [0.15, 0.2) is 73.1 Å². The largest absolute Gasteiger partial charge is 0.461 e. The standard InChI is InChI=1S/C26H23N3O5S2/c30-24(21-8-5-13-27-18-21)33-14-16-35-36-17-15-34-26(32)28-25(31)29-22-9-3-1-6-19(22)11-12-20-7-2-4-10-23(20)29/h1-13,18H,14-17H2,(H,28,31,32). The molecule has 1 aliphatic heterocycles. The number of carbonyl (C=O) groups excluding carboxylic acids is 3. The van der Waals surface area contributed by atoms with Gasteiger partial charge in [0.1, 0.15) is 13.2 Å². The van der Waals surface area contributed by atoms with E-state index in [0.717, 1.165) is 11.1 Å². The number of anilines is 2. The molecule has 0 aliphatic carbocycles. The molecule has 1 aliphatic rings. The highest BCUT2D eigenvalue weighted by molar-refractivity contribution is 8.76. The number of aromatic nitrogens is 1. The molecule has 2 aromatic carbocycles. The quantitative estimate of drug-likeness (QED) is 0.226. The minimum atomic E-state index is -0.817. The number of hydrogen-bond acceptors (Lipinski definition) is 8. The number of hydrogen-bond donors (Lipinski definition) is 1. The van der Waals surface area contributed by atoms with Crippen LogP contribution in [0.2, 0.25) is 0 Å². The Bertz CT molecular complexity index is 1200. The van der Waals surface area contributed by atoms with Gasteiger partial charge in [-0.2, -0.15) is 0 Å². The minimum Gasteiger partial charge on any atom is -0.461 e.